The van der Waals surface area contributed by atoms with Gasteiger partial charge in [0, 0.05) is 6.54 Å². The molecule has 0 atom stereocenters. The standard InChI is InChI=1S/C12H18N6O/c1-2-5-13-11-16-9-8(14-7-15-9)10(17-11)18-12(6-19)3-4-12/h7,19H,2-6H2,1H3,(H3,13,14,15,16,17,18). The number of rotatable bonds is 6. The first-order chi connectivity index (χ1) is 9.26. The Labute approximate surface area is 110 Å². The third-order valence-corrected chi connectivity index (χ3v) is 3.36. The van der Waals surface area contributed by atoms with E-state index in [2.05, 4.69) is 37.5 Å². The summed E-state index contributed by atoms with van der Waals surface area (Å²) in [4.78, 5) is 16.0. The minimum Gasteiger partial charge on any atom is -0.394 e. The molecule has 0 radical (unpaired) electrons. The van der Waals surface area contributed by atoms with Crippen molar-refractivity contribution in [2.24, 2.45) is 0 Å². The second-order valence-corrected chi connectivity index (χ2v) is 4.99. The van der Waals surface area contributed by atoms with Crippen LogP contribution in [0.15, 0.2) is 6.33 Å². The molecule has 4 N–H and O–H groups in total. The predicted molar refractivity (Wildman–Crippen MR) is 73.1 cm³/mol. The van der Waals surface area contributed by atoms with Crippen molar-refractivity contribution >= 4 is 22.9 Å². The highest BCUT2D eigenvalue weighted by atomic mass is 16.3. The number of hydrogen-bond acceptors (Lipinski definition) is 6. The smallest absolute Gasteiger partial charge is 0.226 e. The minimum atomic E-state index is -0.214. The second-order valence-electron chi connectivity index (χ2n) is 4.99. The lowest BCUT2D eigenvalue weighted by Crippen LogP contribution is -2.26. The molecule has 1 aliphatic rings. The molecule has 0 unspecified atom stereocenters. The van der Waals surface area contributed by atoms with E-state index in [4.69, 9.17) is 0 Å². The van der Waals surface area contributed by atoms with Crippen LogP contribution in [0.3, 0.4) is 0 Å². The van der Waals surface area contributed by atoms with Gasteiger partial charge in [-0.2, -0.15) is 9.97 Å². The fourth-order valence-corrected chi connectivity index (χ4v) is 1.96. The van der Waals surface area contributed by atoms with Gasteiger partial charge in [0.25, 0.3) is 0 Å². The summed E-state index contributed by atoms with van der Waals surface area (Å²) in [5, 5.41) is 15.9. The number of aliphatic hydroxyl groups excluding tert-OH is 1. The summed E-state index contributed by atoms with van der Waals surface area (Å²) in [6.07, 6.45) is 4.53. The first kappa shape index (κ1) is 12.2. The molecule has 2 aromatic heterocycles. The average Bonchev–Trinajstić information content (AvgIpc) is 3.03. The molecule has 102 valence electrons. The Morgan fingerprint density at radius 1 is 1.42 bits per heavy atom. The molecule has 19 heavy (non-hydrogen) atoms. The molecular weight excluding hydrogens is 244 g/mol. The highest BCUT2D eigenvalue weighted by Crippen LogP contribution is 2.39. The summed E-state index contributed by atoms with van der Waals surface area (Å²) in [6, 6.07) is 0. The van der Waals surface area contributed by atoms with E-state index in [1.54, 1.807) is 6.33 Å². The molecule has 0 saturated heterocycles. The lowest BCUT2D eigenvalue weighted by molar-refractivity contribution is 0.266. The number of aromatic amines is 1. The maximum absolute atomic E-state index is 9.40. The van der Waals surface area contributed by atoms with Crippen molar-refractivity contribution in [3.63, 3.8) is 0 Å². The number of H-pyrrole nitrogens is 1. The Kier molecular flexibility index (Phi) is 2.98. The van der Waals surface area contributed by atoms with Gasteiger partial charge in [-0.25, -0.2) is 4.98 Å². The largest absolute Gasteiger partial charge is 0.394 e. The predicted octanol–water partition coefficient (Wildman–Crippen LogP) is 1.11. The number of aromatic nitrogens is 4. The monoisotopic (exact) mass is 262 g/mol. The van der Waals surface area contributed by atoms with E-state index < -0.39 is 0 Å². The Morgan fingerprint density at radius 3 is 2.95 bits per heavy atom. The van der Waals surface area contributed by atoms with Crippen molar-refractivity contribution < 1.29 is 5.11 Å². The van der Waals surface area contributed by atoms with E-state index in [0.29, 0.717) is 17.4 Å². The van der Waals surface area contributed by atoms with Gasteiger partial charge in [0.1, 0.15) is 5.52 Å². The molecule has 1 aliphatic carbocycles. The first-order valence-electron chi connectivity index (χ1n) is 6.60. The van der Waals surface area contributed by atoms with Gasteiger partial charge in [-0.3, -0.25) is 0 Å². The van der Waals surface area contributed by atoms with E-state index in [0.717, 1.165) is 31.3 Å². The quantitative estimate of drug-likeness (QED) is 0.622. The lowest BCUT2D eigenvalue weighted by Gasteiger charge is -2.16. The molecule has 1 fully saturated rings. The van der Waals surface area contributed by atoms with Crippen molar-refractivity contribution in [1.29, 1.82) is 0 Å². The Bertz CT molecular complexity index is 577. The zero-order chi connectivity index (χ0) is 13.3. The van der Waals surface area contributed by atoms with Crippen LogP contribution in [-0.2, 0) is 0 Å². The zero-order valence-electron chi connectivity index (χ0n) is 10.9. The molecule has 0 aromatic carbocycles. The fourth-order valence-electron chi connectivity index (χ4n) is 1.96. The summed E-state index contributed by atoms with van der Waals surface area (Å²) in [7, 11) is 0. The van der Waals surface area contributed by atoms with Crippen molar-refractivity contribution in [3.05, 3.63) is 6.33 Å². The zero-order valence-corrected chi connectivity index (χ0v) is 10.9. The average molecular weight is 262 g/mol. The summed E-state index contributed by atoms with van der Waals surface area (Å²) in [5.41, 5.74) is 1.20. The number of imidazole rings is 1. The van der Waals surface area contributed by atoms with Gasteiger partial charge >= 0.3 is 0 Å². The van der Waals surface area contributed by atoms with E-state index in [1.807, 2.05) is 0 Å². The maximum Gasteiger partial charge on any atom is 0.226 e. The van der Waals surface area contributed by atoms with Crippen LogP contribution in [0.4, 0.5) is 11.8 Å². The number of fused-ring (bicyclic) bond motifs is 1. The Balaban J connectivity index is 1.93. The molecule has 2 aromatic rings. The lowest BCUT2D eigenvalue weighted by atomic mass is 10.3. The van der Waals surface area contributed by atoms with Crippen LogP contribution in [-0.4, -0.2) is 43.7 Å². The number of nitrogens with one attached hydrogen (secondary N) is 3. The third kappa shape index (κ3) is 2.33. The van der Waals surface area contributed by atoms with Gasteiger partial charge in [0.15, 0.2) is 11.5 Å². The van der Waals surface area contributed by atoms with E-state index in [1.165, 1.54) is 0 Å². The van der Waals surface area contributed by atoms with Crippen LogP contribution in [0, 0.1) is 0 Å². The number of aliphatic hydroxyl groups is 1. The molecule has 2 heterocycles. The van der Waals surface area contributed by atoms with Crippen molar-refractivity contribution in [1.82, 2.24) is 19.9 Å². The molecule has 0 spiro atoms. The van der Waals surface area contributed by atoms with Crippen molar-refractivity contribution in [2.75, 3.05) is 23.8 Å². The highest BCUT2D eigenvalue weighted by molar-refractivity contribution is 5.84. The number of anilines is 2. The van der Waals surface area contributed by atoms with Gasteiger partial charge in [0.05, 0.1) is 18.5 Å². The fraction of sp³-hybridized carbons (Fsp3) is 0.583. The van der Waals surface area contributed by atoms with Crippen LogP contribution in [0.5, 0.6) is 0 Å². The molecule has 7 heteroatoms. The molecule has 3 rings (SSSR count). The molecule has 7 nitrogen and oxygen atoms in total. The normalized spacial score (nSPS) is 16.5. The van der Waals surface area contributed by atoms with Gasteiger partial charge in [-0.05, 0) is 19.3 Å². The number of nitrogens with zero attached hydrogens (tertiary/aromatic N) is 3. The van der Waals surface area contributed by atoms with E-state index in [-0.39, 0.29) is 12.1 Å². The third-order valence-electron chi connectivity index (χ3n) is 3.36. The summed E-state index contributed by atoms with van der Waals surface area (Å²) >= 11 is 0. The van der Waals surface area contributed by atoms with E-state index in [9.17, 15) is 5.11 Å². The molecular formula is C12H18N6O. The SMILES string of the molecule is CCCNc1nc(NC2(CO)CC2)c2[nH]cnc2n1. The summed E-state index contributed by atoms with van der Waals surface area (Å²) in [5.74, 6) is 1.27. The Hall–Kier alpha value is -1.89. The van der Waals surface area contributed by atoms with Crippen LogP contribution >= 0.6 is 0 Å². The summed E-state index contributed by atoms with van der Waals surface area (Å²) in [6.45, 7) is 3.02. The first-order valence-corrected chi connectivity index (χ1v) is 6.60. The molecule has 0 aliphatic heterocycles. The summed E-state index contributed by atoms with van der Waals surface area (Å²) < 4.78 is 0. The van der Waals surface area contributed by atoms with Crippen LogP contribution in [0.1, 0.15) is 26.2 Å². The van der Waals surface area contributed by atoms with Gasteiger partial charge < -0.3 is 20.7 Å². The molecule has 0 amide bonds. The van der Waals surface area contributed by atoms with Crippen molar-refractivity contribution in [3.8, 4) is 0 Å². The van der Waals surface area contributed by atoms with Gasteiger partial charge in [-0.15, -0.1) is 0 Å². The maximum atomic E-state index is 9.40. The van der Waals surface area contributed by atoms with Gasteiger partial charge in [-0.1, -0.05) is 6.92 Å². The molecule has 1 saturated carbocycles. The van der Waals surface area contributed by atoms with Crippen LogP contribution in [0.2, 0.25) is 0 Å². The van der Waals surface area contributed by atoms with Gasteiger partial charge in [0.2, 0.25) is 5.95 Å². The molecule has 0 bridgehead atoms. The van der Waals surface area contributed by atoms with Crippen LogP contribution < -0.4 is 10.6 Å². The number of hydrogen-bond donors (Lipinski definition) is 4. The van der Waals surface area contributed by atoms with Crippen LogP contribution in [0.25, 0.3) is 11.2 Å². The topological polar surface area (TPSA) is 98.8 Å². The Morgan fingerprint density at radius 2 is 2.26 bits per heavy atom. The highest BCUT2D eigenvalue weighted by Gasteiger charge is 2.42. The van der Waals surface area contributed by atoms with E-state index >= 15 is 0 Å². The minimum absolute atomic E-state index is 0.115. The second kappa shape index (κ2) is 4.65. The van der Waals surface area contributed by atoms with Crippen molar-refractivity contribution in [2.45, 2.75) is 31.7 Å².